The monoisotopic (exact) mass is 283 g/mol. The third-order valence-corrected chi connectivity index (χ3v) is 4.44. The molecule has 1 atom stereocenters. The van der Waals surface area contributed by atoms with Crippen LogP contribution in [0, 0.1) is 0 Å². The van der Waals surface area contributed by atoms with E-state index < -0.39 is 0 Å². The number of ether oxygens (including phenoxy) is 1. The molecule has 114 valence electrons. The summed E-state index contributed by atoms with van der Waals surface area (Å²) in [6.45, 7) is 5.56. The van der Waals surface area contributed by atoms with Crippen LogP contribution in [0.3, 0.4) is 0 Å². The molecule has 2 rings (SSSR count). The van der Waals surface area contributed by atoms with E-state index in [1.807, 2.05) is 4.90 Å². The van der Waals surface area contributed by atoms with Crippen molar-refractivity contribution in [1.29, 1.82) is 0 Å². The fourth-order valence-corrected chi connectivity index (χ4v) is 3.12. The second-order valence-electron chi connectivity index (χ2n) is 5.57. The van der Waals surface area contributed by atoms with E-state index >= 15 is 0 Å². The van der Waals surface area contributed by atoms with Gasteiger partial charge in [0.1, 0.15) is 6.61 Å². The molecular weight excluding hydrogens is 258 g/mol. The van der Waals surface area contributed by atoms with Crippen molar-refractivity contribution in [2.75, 3.05) is 46.4 Å². The minimum Gasteiger partial charge on any atom is -0.375 e. The quantitative estimate of drug-likeness (QED) is 0.778. The van der Waals surface area contributed by atoms with Crippen molar-refractivity contribution >= 4 is 11.8 Å². The number of hydrogen-bond acceptors (Lipinski definition) is 4. The summed E-state index contributed by atoms with van der Waals surface area (Å²) in [6.07, 6.45) is 2.81. The first-order valence-corrected chi connectivity index (χ1v) is 7.44. The van der Waals surface area contributed by atoms with Gasteiger partial charge in [0.05, 0.1) is 5.54 Å². The molecule has 1 N–H and O–H groups in total. The van der Waals surface area contributed by atoms with E-state index in [-0.39, 0.29) is 24.0 Å². The van der Waals surface area contributed by atoms with Crippen LogP contribution in [-0.4, -0.2) is 73.6 Å². The van der Waals surface area contributed by atoms with Gasteiger partial charge < -0.3 is 19.9 Å². The molecule has 1 unspecified atom stereocenters. The second kappa shape index (κ2) is 6.54. The molecule has 0 spiro atoms. The summed E-state index contributed by atoms with van der Waals surface area (Å²) in [5, 5.41) is 3.38. The van der Waals surface area contributed by atoms with Gasteiger partial charge in [0, 0.05) is 33.3 Å². The number of nitrogens with one attached hydrogen (secondary N) is 1. The number of carbonyl (C=O) groups excluding carboxylic acids is 2. The molecule has 0 bridgehead atoms. The Labute approximate surface area is 120 Å². The zero-order valence-corrected chi connectivity index (χ0v) is 12.5. The van der Waals surface area contributed by atoms with Gasteiger partial charge in [-0.15, -0.1) is 0 Å². The van der Waals surface area contributed by atoms with Crippen molar-refractivity contribution in [3.63, 3.8) is 0 Å². The molecular formula is C14H25N3O3. The average molecular weight is 283 g/mol. The van der Waals surface area contributed by atoms with E-state index in [1.165, 1.54) is 7.11 Å². The molecule has 2 aliphatic heterocycles. The Balaban J connectivity index is 1.90. The van der Waals surface area contributed by atoms with Crippen LogP contribution in [0.4, 0.5) is 0 Å². The summed E-state index contributed by atoms with van der Waals surface area (Å²) < 4.78 is 4.86. The highest BCUT2D eigenvalue weighted by atomic mass is 16.5. The van der Waals surface area contributed by atoms with Crippen molar-refractivity contribution in [1.82, 2.24) is 15.1 Å². The molecule has 2 heterocycles. The van der Waals surface area contributed by atoms with Gasteiger partial charge in [-0.2, -0.15) is 0 Å². The van der Waals surface area contributed by atoms with Crippen molar-refractivity contribution in [2.24, 2.45) is 0 Å². The molecule has 0 aromatic rings. The number of amides is 2. The highest BCUT2D eigenvalue weighted by Crippen LogP contribution is 2.26. The first-order chi connectivity index (χ1) is 9.63. The van der Waals surface area contributed by atoms with Crippen LogP contribution in [0.15, 0.2) is 0 Å². The highest BCUT2D eigenvalue weighted by Gasteiger charge is 2.42. The van der Waals surface area contributed by atoms with Crippen molar-refractivity contribution in [3.05, 3.63) is 0 Å². The molecule has 6 nitrogen and oxygen atoms in total. The molecule has 2 amide bonds. The van der Waals surface area contributed by atoms with Crippen LogP contribution in [0.2, 0.25) is 0 Å². The van der Waals surface area contributed by atoms with Crippen molar-refractivity contribution in [3.8, 4) is 0 Å². The summed E-state index contributed by atoms with van der Waals surface area (Å²) in [5.74, 6) is 0.208. The minimum atomic E-state index is -0.362. The Morgan fingerprint density at radius 2 is 1.85 bits per heavy atom. The maximum absolute atomic E-state index is 12.7. The molecule has 0 aliphatic carbocycles. The fourth-order valence-electron chi connectivity index (χ4n) is 3.12. The van der Waals surface area contributed by atoms with E-state index in [4.69, 9.17) is 4.74 Å². The summed E-state index contributed by atoms with van der Waals surface area (Å²) in [6, 6.07) is 0. The number of nitrogens with zero attached hydrogens (tertiary/aromatic N) is 2. The highest BCUT2D eigenvalue weighted by molar-refractivity contribution is 5.87. The molecule has 0 aromatic heterocycles. The average Bonchev–Trinajstić information content (AvgIpc) is 2.97. The number of carbonyl (C=O) groups is 2. The van der Waals surface area contributed by atoms with Crippen molar-refractivity contribution in [2.45, 2.75) is 31.7 Å². The normalized spacial score (nSPS) is 26.9. The maximum atomic E-state index is 12.7. The van der Waals surface area contributed by atoms with Crippen LogP contribution < -0.4 is 5.32 Å². The smallest absolute Gasteiger partial charge is 0.248 e. The van der Waals surface area contributed by atoms with Gasteiger partial charge in [0.25, 0.3) is 0 Å². The lowest BCUT2D eigenvalue weighted by atomic mass is 9.92. The molecule has 20 heavy (non-hydrogen) atoms. The van der Waals surface area contributed by atoms with E-state index in [1.54, 1.807) is 4.90 Å². The van der Waals surface area contributed by atoms with Gasteiger partial charge in [0.2, 0.25) is 11.8 Å². The van der Waals surface area contributed by atoms with Crippen LogP contribution in [0.5, 0.6) is 0 Å². The maximum Gasteiger partial charge on any atom is 0.248 e. The largest absolute Gasteiger partial charge is 0.375 e. The fraction of sp³-hybridized carbons (Fsp3) is 0.857. The number of rotatable bonds is 4. The first-order valence-electron chi connectivity index (χ1n) is 7.44. The summed E-state index contributed by atoms with van der Waals surface area (Å²) in [5.41, 5.74) is -0.362. The standard InChI is InChI=1S/C14H25N3O3/c1-3-14(5-4-6-15-14)13(19)17-9-7-16(8-10-17)12(18)11-20-2/h15H,3-11H2,1-2H3. The number of piperazine rings is 1. The lowest BCUT2D eigenvalue weighted by molar-refractivity contribution is -0.145. The van der Waals surface area contributed by atoms with E-state index in [0.29, 0.717) is 26.2 Å². The Morgan fingerprint density at radius 3 is 2.35 bits per heavy atom. The predicted octanol–water partition coefficient (Wildman–Crippen LogP) is -0.164. The predicted molar refractivity (Wildman–Crippen MR) is 75.3 cm³/mol. The summed E-state index contributed by atoms with van der Waals surface area (Å²) in [4.78, 5) is 28.1. The summed E-state index contributed by atoms with van der Waals surface area (Å²) >= 11 is 0. The van der Waals surface area contributed by atoms with Crippen LogP contribution in [-0.2, 0) is 14.3 Å². The van der Waals surface area contributed by atoms with Gasteiger partial charge in [-0.1, -0.05) is 6.92 Å². The lowest BCUT2D eigenvalue weighted by Crippen LogP contribution is -2.59. The van der Waals surface area contributed by atoms with Gasteiger partial charge in [-0.3, -0.25) is 9.59 Å². The van der Waals surface area contributed by atoms with E-state index in [0.717, 1.165) is 25.8 Å². The van der Waals surface area contributed by atoms with Gasteiger partial charge >= 0.3 is 0 Å². The van der Waals surface area contributed by atoms with Gasteiger partial charge in [-0.25, -0.2) is 0 Å². The minimum absolute atomic E-state index is 0.00351. The third kappa shape index (κ3) is 2.96. The van der Waals surface area contributed by atoms with Crippen LogP contribution >= 0.6 is 0 Å². The molecule has 6 heteroatoms. The molecule has 0 saturated carbocycles. The second-order valence-corrected chi connectivity index (χ2v) is 5.57. The Hall–Kier alpha value is -1.14. The third-order valence-electron chi connectivity index (χ3n) is 4.44. The molecule has 2 fully saturated rings. The van der Waals surface area contributed by atoms with Crippen LogP contribution in [0.1, 0.15) is 26.2 Å². The zero-order chi connectivity index (χ0) is 14.6. The molecule has 0 aromatic carbocycles. The van der Waals surface area contributed by atoms with Gasteiger partial charge in [-0.05, 0) is 25.8 Å². The summed E-state index contributed by atoms with van der Waals surface area (Å²) in [7, 11) is 1.52. The zero-order valence-electron chi connectivity index (χ0n) is 12.5. The van der Waals surface area contributed by atoms with Crippen molar-refractivity contribution < 1.29 is 14.3 Å². The molecule has 2 saturated heterocycles. The number of methoxy groups -OCH3 is 1. The Bertz CT molecular complexity index is 359. The van der Waals surface area contributed by atoms with E-state index in [2.05, 4.69) is 12.2 Å². The molecule has 2 aliphatic rings. The number of hydrogen-bond donors (Lipinski definition) is 1. The SMILES string of the molecule is CCC1(C(=O)N2CCN(C(=O)COC)CC2)CCCN1. The van der Waals surface area contributed by atoms with Crippen LogP contribution in [0.25, 0.3) is 0 Å². The Kier molecular flexibility index (Phi) is 4.99. The molecule has 0 radical (unpaired) electrons. The Morgan fingerprint density at radius 1 is 1.20 bits per heavy atom. The topological polar surface area (TPSA) is 61.9 Å². The van der Waals surface area contributed by atoms with Gasteiger partial charge in [0.15, 0.2) is 0 Å². The first kappa shape index (κ1) is 15.3. The van der Waals surface area contributed by atoms with E-state index in [9.17, 15) is 9.59 Å². The lowest BCUT2D eigenvalue weighted by Gasteiger charge is -2.39.